The maximum atomic E-state index is 11.0. The van der Waals surface area contributed by atoms with Gasteiger partial charge in [0.25, 0.3) is 0 Å². The van der Waals surface area contributed by atoms with Gasteiger partial charge < -0.3 is 9.64 Å². The highest BCUT2D eigenvalue weighted by molar-refractivity contribution is 5.78. The van der Waals surface area contributed by atoms with Crippen molar-refractivity contribution in [2.45, 2.75) is 19.9 Å². The number of carbonyl (C=O) groups excluding carboxylic acids is 1. The highest BCUT2D eigenvalue weighted by atomic mass is 16.5. The van der Waals surface area contributed by atoms with E-state index in [1.807, 2.05) is 18.7 Å². The summed E-state index contributed by atoms with van der Waals surface area (Å²) in [7, 11) is 0. The Morgan fingerprint density at radius 3 is 2.70 bits per heavy atom. The zero-order valence-corrected chi connectivity index (χ0v) is 6.46. The van der Waals surface area contributed by atoms with Crippen molar-refractivity contribution < 1.29 is 9.53 Å². The predicted octanol–water partition coefficient (Wildman–Crippen LogP) is 0.254. The van der Waals surface area contributed by atoms with Gasteiger partial charge in [-0.2, -0.15) is 0 Å². The first kappa shape index (κ1) is 7.54. The number of hydrogen-bond donors (Lipinski definition) is 0. The summed E-state index contributed by atoms with van der Waals surface area (Å²) >= 11 is 0. The third kappa shape index (κ3) is 1.48. The maximum Gasteiger partial charge on any atom is 0.248 e. The summed E-state index contributed by atoms with van der Waals surface area (Å²) in [5.74, 6) is 0.112. The molecule has 0 bridgehead atoms. The molecule has 3 nitrogen and oxygen atoms in total. The Morgan fingerprint density at radius 1 is 1.60 bits per heavy atom. The largest absolute Gasteiger partial charge is 0.370 e. The van der Waals surface area contributed by atoms with Crippen LogP contribution in [0, 0.1) is 0 Å². The third-order valence-electron chi connectivity index (χ3n) is 1.65. The molecule has 0 aromatic rings. The van der Waals surface area contributed by atoms with Crippen LogP contribution in [-0.4, -0.2) is 36.6 Å². The van der Waals surface area contributed by atoms with Crippen LogP contribution in [0.2, 0.25) is 0 Å². The molecule has 3 heteroatoms. The Balaban J connectivity index is 2.48. The molecule has 0 unspecified atom stereocenters. The van der Waals surface area contributed by atoms with Gasteiger partial charge in [0.15, 0.2) is 0 Å². The molecule has 0 atom stereocenters. The Kier molecular flexibility index (Phi) is 2.27. The number of rotatable bonds is 1. The summed E-state index contributed by atoms with van der Waals surface area (Å²) in [5, 5.41) is 0. The lowest BCUT2D eigenvalue weighted by Gasteiger charge is -2.30. The second-order valence-corrected chi connectivity index (χ2v) is 2.73. The minimum Gasteiger partial charge on any atom is -0.370 e. The molecule has 58 valence electrons. The fraction of sp³-hybridized carbons (Fsp3) is 0.857. The first-order valence-electron chi connectivity index (χ1n) is 3.59. The molecule has 0 aromatic heterocycles. The van der Waals surface area contributed by atoms with Crippen LogP contribution in [0.4, 0.5) is 0 Å². The van der Waals surface area contributed by atoms with E-state index in [1.54, 1.807) is 0 Å². The van der Waals surface area contributed by atoms with E-state index in [4.69, 9.17) is 4.74 Å². The van der Waals surface area contributed by atoms with Crippen LogP contribution in [0.3, 0.4) is 0 Å². The predicted molar refractivity (Wildman–Crippen MR) is 37.7 cm³/mol. The van der Waals surface area contributed by atoms with Crippen LogP contribution < -0.4 is 0 Å². The molecule has 1 aliphatic rings. The van der Waals surface area contributed by atoms with Gasteiger partial charge in [-0.25, -0.2) is 0 Å². The minimum absolute atomic E-state index is 0.112. The van der Waals surface area contributed by atoms with Crippen LogP contribution in [0.1, 0.15) is 13.8 Å². The number of morpholine rings is 1. The number of amides is 1. The monoisotopic (exact) mass is 143 g/mol. The summed E-state index contributed by atoms with van der Waals surface area (Å²) in [6.45, 7) is 5.73. The standard InChI is InChI=1S/C7H13NO2/c1-6(2)8-3-4-10-5-7(8)9/h6H,3-5H2,1-2H3. The van der Waals surface area contributed by atoms with E-state index in [1.165, 1.54) is 0 Å². The van der Waals surface area contributed by atoms with Crippen molar-refractivity contribution >= 4 is 5.91 Å². The van der Waals surface area contributed by atoms with Crippen molar-refractivity contribution in [3.8, 4) is 0 Å². The number of hydrogen-bond acceptors (Lipinski definition) is 2. The second kappa shape index (κ2) is 3.01. The molecule has 0 radical (unpaired) electrons. The Hall–Kier alpha value is -0.570. The molecular weight excluding hydrogens is 130 g/mol. The average molecular weight is 143 g/mol. The molecular formula is C7H13NO2. The molecule has 10 heavy (non-hydrogen) atoms. The highest BCUT2D eigenvalue weighted by Crippen LogP contribution is 2.03. The first-order valence-corrected chi connectivity index (χ1v) is 3.59. The molecule has 0 N–H and O–H groups in total. The quantitative estimate of drug-likeness (QED) is 0.526. The first-order chi connectivity index (χ1) is 4.72. The lowest BCUT2D eigenvalue weighted by molar-refractivity contribution is -0.144. The summed E-state index contributed by atoms with van der Waals surface area (Å²) in [6.07, 6.45) is 0. The van der Waals surface area contributed by atoms with Gasteiger partial charge in [-0.1, -0.05) is 0 Å². The van der Waals surface area contributed by atoms with Crippen molar-refractivity contribution in [1.29, 1.82) is 0 Å². The Bertz CT molecular complexity index is 134. The Labute approximate surface area is 61.0 Å². The van der Waals surface area contributed by atoms with E-state index in [9.17, 15) is 4.79 Å². The summed E-state index contributed by atoms with van der Waals surface area (Å²) in [4.78, 5) is 12.9. The van der Waals surface area contributed by atoms with Gasteiger partial charge >= 0.3 is 0 Å². The molecule has 1 saturated heterocycles. The zero-order chi connectivity index (χ0) is 7.56. The van der Waals surface area contributed by atoms with E-state index in [-0.39, 0.29) is 12.5 Å². The topological polar surface area (TPSA) is 29.5 Å². The molecule has 1 rings (SSSR count). The molecule has 1 heterocycles. The second-order valence-electron chi connectivity index (χ2n) is 2.73. The number of carbonyl (C=O) groups is 1. The van der Waals surface area contributed by atoms with Crippen LogP contribution in [0.5, 0.6) is 0 Å². The van der Waals surface area contributed by atoms with Gasteiger partial charge in [0.1, 0.15) is 6.61 Å². The van der Waals surface area contributed by atoms with Crippen LogP contribution in [0.15, 0.2) is 0 Å². The Morgan fingerprint density at radius 2 is 2.30 bits per heavy atom. The molecule has 1 aliphatic heterocycles. The fourth-order valence-electron chi connectivity index (χ4n) is 1.08. The molecule has 0 saturated carbocycles. The van der Waals surface area contributed by atoms with Gasteiger partial charge in [-0.05, 0) is 13.8 Å². The molecule has 1 fully saturated rings. The van der Waals surface area contributed by atoms with Gasteiger partial charge in [0.2, 0.25) is 5.91 Å². The van der Waals surface area contributed by atoms with E-state index in [2.05, 4.69) is 0 Å². The van der Waals surface area contributed by atoms with Gasteiger partial charge in [0, 0.05) is 12.6 Å². The van der Waals surface area contributed by atoms with Crippen molar-refractivity contribution in [3.63, 3.8) is 0 Å². The van der Waals surface area contributed by atoms with Crippen LogP contribution in [0.25, 0.3) is 0 Å². The zero-order valence-electron chi connectivity index (χ0n) is 6.46. The molecule has 0 spiro atoms. The van der Waals surface area contributed by atoms with Crippen molar-refractivity contribution in [3.05, 3.63) is 0 Å². The van der Waals surface area contributed by atoms with Gasteiger partial charge in [-0.15, -0.1) is 0 Å². The van der Waals surface area contributed by atoms with E-state index in [0.29, 0.717) is 12.6 Å². The molecule has 0 aromatic carbocycles. The molecule has 0 aliphatic carbocycles. The fourth-order valence-corrected chi connectivity index (χ4v) is 1.08. The van der Waals surface area contributed by atoms with Crippen molar-refractivity contribution in [2.24, 2.45) is 0 Å². The number of ether oxygens (including phenoxy) is 1. The lowest BCUT2D eigenvalue weighted by atomic mass is 10.3. The minimum atomic E-state index is 0.112. The van der Waals surface area contributed by atoms with E-state index < -0.39 is 0 Å². The lowest BCUT2D eigenvalue weighted by Crippen LogP contribution is -2.45. The number of nitrogens with zero attached hydrogens (tertiary/aromatic N) is 1. The summed E-state index contributed by atoms with van der Waals surface area (Å²) in [6, 6.07) is 0.316. The van der Waals surface area contributed by atoms with Crippen molar-refractivity contribution in [1.82, 2.24) is 4.90 Å². The smallest absolute Gasteiger partial charge is 0.248 e. The SMILES string of the molecule is CC(C)N1CCOCC1=O. The van der Waals surface area contributed by atoms with E-state index >= 15 is 0 Å². The normalized spacial score (nSPS) is 20.3. The van der Waals surface area contributed by atoms with Crippen LogP contribution >= 0.6 is 0 Å². The van der Waals surface area contributed by atoms with E-state index in [0.717, 1.165) is 6.54 Å². The molecule has 1 amide bonds. The summed E-state index contributed by atoms with van der Waals surface area (Å²) < 4.78 is 4.97. The van der Waals surface area contributed by atoms with Gasteiger partial charge in [-0.3, -0.25) is 4.79 Å². The maximum absolute atomic E-state index is 11.0. The third-order valence-corrected chi connectivity index (χ3v) is 1.65. The average Bonchev–Trinajstić information content (AvgIpc) is 1.88. The summed E-state index contributed by atoms with van der Waals surface area (Å²) in [5.41, 5.74) is 0. The van der Waals surface area contributed by atoms with Gasteiger partial charge in [0.05, 0.1) is 6.61 Å². The highest BCUT2D eigenvalue weighted by Gasteiger charge is 2.20. The van der Waals surface area contributed by atoms with Crippen molar-refractivity contribution in [2.75, 3.05) is 19.8 Å². The van der Waals surface area contributed by atoms with Crippen LogP contribution in [-0.2, 0) is 9.53 Å².